The van der Waals surface area contributed by atoms with E-state index in [2.05, 4.69) is 17.1 Å². The Balaban J connectivity index is 1.61. The van der Waals surface area contributed by atoms with E-state index in [1.165, 1.54) is 32.1 Å². The summed E-state index contributed by atoms with van der Waals surface area (Å²) in [6.45, 7) is 2.70. The maximum Gasteiger partial charge on any atom is 0.221 e. The van der Waals surface area contributed by atoms with Crippen molar-refractivity contribution in [1.29, 1.82) is 0 Å². The molecular formula is C16H25N3O. The molecule has 4 fully saturated rings. The topological polar surface area (TPSA) is 64.9 Å². The van der Waals surface area contributed by atoms with Crippen LogP contribution in [-0.4, -0.2) is 16.7 Å². The highest BCUT2D eigenvalue weighted by molar-refractivity contribution is 5.06. The second-order valence-electron chi connectivity index (χ2n) is 7.24. The minimum absolute atomic E-state index is 0.290. The molecule has 5 rings (SSSR count). The van der Waals surface area contributed by atoms with Gasteiger partial charge in [-0.15, -0.1) is 10.2 Å². The van der Waals surface area contributed by atoms with Gasteiger partial charge in [-0.25, -0.2) is 0 Å². The van der Waals surface area contributed by atoms with Crippen molar-refractivity contribution >= 4 is 0 Å². The van der Waals surface area contributed by atoms with Gasteiger partial charge in [0, 0.05) is 13.0 Å². The van der Waals surface area contributed by atoms with Crippen LogP contribution in [-0.2, 0) is 6.42 Å². The normalized spacial score (nSPS) is 40.2. The molecule has 110 valence electrons. The highest BCUT2D eigenvalue weighted by atomic mass is 16.4. The molecule has 0 aromatic carbocycles. The van der Waals surface area contributed by atoms with Gasteiger partial charge in [0.2, 0.25) is 11.8 Å². The Bertz CT molecular complexity index is 456. The minimum Gasteiger partial charge on any atom is -0.425 e. The van der Waals surface area contributed by atoms with Gasteiger partial charge in [0.25, 0.3) is 0 Å². The van der Waals surface area contributed by atoms with E-state index in [9.17, 15) is 0 Å². The second kappa shape index (κ2) is 4.83. The van der Waals surface area contributed by atoms with Crippen LogP contribution in [0.1, 0.15) is 56.7 Å². The van der Waals surface area contributed by atoms with Crippen LogP contribution >= 0.6 is 0 Å². The lowest BCUT2D eigenvalue weighted by molar-refractivity contribution is -0.0499. The molecule has 4 bridgehead atoms. The Morgan fingerprint density at radius 1 is 1.10 bits per heavy atom. The average molecular weight is 275 g/mol. The third-order valence-corrected chi connectivity index (χ3v) is 6.12. The number of aryl methyl sites for hydroxylation is 1. The van der Waals surface area contributed by atoms with Crippen molar-refractivity contribution < 1.29 is 4.42 Å². The zero-order valence-electron chi connectivity index (χ0n) is 12.3. The van der Waals surface area contributed by atoms with Crippen LogP contribution in [0.25, 0.3) is 0 Å². The van der Waals surface area contributed by atoms with E-state index in [0.717, 1.165) is 41.9 Å². The van der Waals surface area contributed by atoms with Crippen molar-refractivity contribution in [2.45, 2.75) is 51.4 Å². The molecule has 1 atom stereocenters. The second-order valence-corrected chi connectivity index (χ2v) is 7.24. The van der Waals surface area contributed by atoms with Gasteiger partial charge in [-0.2, -0.15) is 0 Å². The highest BCUT2D eigenvalue weighted by Crippen LogP contribution is 2.59. The molecule has 4 heteroatoms. The molecule has 20 heavy (non-hydrogen) atoms. The van der Waals surface area contributed by atoms with Gasteiger partial charge in [0.1, 0.15) is 0 Å². The SMILES string of the molecule is CCc1nnc(C(CN)C2C3CC4CC(C3)CC2C4)o1. The zero-order valence-corrected chi connectivity index (χ0v) is 12.3. The largest absolute Gasteiger partial charge is 0.425 e. The van der Waals surface area contributed by atoms with E-state index in [0.29, 0.717) is 12.5 Å². The molecule has 4 saturated carbocycles. The summed E-state index contributed by atoms with van der Waals surface area (Å²) in [6.07, 6.45) is 7.98. The summed E-state index contributed by atoms with van der Waals surface area (Å²) in [4.78, 5) is 0. The molecule has 1 heterocycles. The number of nitrogens with two attached hydrogens (primary N) is 1. The Labute approximate surface area is 120 Å². The smallest absolute Gasteiger partial charge is 0.221 e. The van der Waals surface area contributed by atoms with Crippen molar-refractivity contribution in [3.63, 3.8) is 0 Å². The van der Waals surface area contributed by atoms with Crippen molar-refractivity contribution in [3.05, 3.63) is 11.8 Å². The summed E-state index contributed by atoms with van der Waals surface area (Å²) < 4.78 is 5.84. The van der Waals surface area contributed by atoms with E-state index in [1.807, 2.05) is 0 Å². The monoisotopic (exact) mass is 275 g/mol. The molecule has 2 N–H and O–H groups in total. The summed E-state index contributed by atoms with van der Waals surface area (Å²) in [7, 11) is 0. The van der Waals surface area contributed by atoms with Crippen molar-refractivity contribution in [1.82, 2.24) is 10.2 Å². The Kier molecular flexibility index (Phi) is 3.09. The number of hydrogen-bond acceptors (Lipinski definition) is 4. The fraction of sp³-hybridized carbons (Fsp3) is 0.875. The number of rotatable bonds is 4. The van der Waals surface area contributed by atoms with Gasteiger partial charge in [-0.1, -0.05) is 6.92 Å². The van der Waals surface area contributed by atoms with E-state index in [-0.39, 0.29) is 5.92 Å². The standard InChI is InChI=1S/C16H25N3O/c1-2-14-18-19-16(20-14)13(8-17)15-11-4-9-3-10(6-11)7-12(15)5-9/h9-13,15H,2-8,17H2,1H3. The first-order chi connectivity index (χ1) is 9.78. The molecule has 0 saturated heterocycles. The van der Waals surface area contributed by atoms with Gasteiger partial charge in [0.05, 0.1) is 5.92 Å². The first-order valence-corrected chi connectivity index (χ1v) is 8.30. The Morgan fingerprint density at radius 3 is 2.25 bits per heavy atom. The Hall–Kier alpha value is -0.900. The van der Waals surface area contributed by atoms with Gasteiger partial charge in [-0.3, -0.25) is 0 Å². The number of aromatic nitrogens is 2. The minimum atomic E-state index is 0.290. The van der Waals surface area contributed by atoms with E-state index in [1.54, 1.807) is 0 Å². The third kappa shape index (κ3) is 1.92. The summed E-state index contributed by atoms with van der Waals surface area (Å²) in [5, 5.41) is 8.44. The molecular weight excluding hydrogens is 250 g/mol. The summed E-state index contributed by atoms with van der Waals surface area (Å²) in [6, 6.07) is 0. The molecule has 4 nitrogen and oxygen atoms in total. The quantitative estimate of drug-likeness (QED) is 0.917. The average Bonchev–Trinajstić information content (AvgIpc) is 2.90. The molecule has 4 aliphatic carbocycles. The summed E-state index contributed by atoms with van der Waals surface area (Å²) in [5.41, 5.74) is 6.11. The van der Waals surface area contributed by atoms with E-state index >= 15 is 0 Å². The maximum absolute atomic E-state index is 6.11. The third-order valence-electron chi connectivity index (χ3n) is 6.12. The predicted octanol–water partition coefficient (Wildman–Crippen LogP) is 2.75. The lowest BCUT2D eigenvalue weighted by Crippen LogP contribution is -2.48. The highest BCUT2D eigenvalue weighted by Gasteiger charge is 2.51. The molecule has 0 spiro atoms. The van der Waals surface area contributed by atoms with Crippen molar-refractivity contribution in [2.75, 3.05) is 6.54 Å². The molecule has 4 aliphatic rings. The van der Waals surface area contributed by atoms with Crippen LogP contribution in [0.5, 0.6) is 0 Å². The number of hydrogen-bond donors (Lipinski definition) is 1. The van der Waals surface area contributed by atoms with Crippen LogP contribution in [0.2, 0.25) is 0 Å². The molecule has 0 radical (unpaired) electrons. The van der Waals surface area contributed by atoms with Crippen LogP contribution < -0.4 is 5.73 Å². The van der Waals surface area contributed by atoms with Crippen LogP contribution in [0.4, 0.5) is 0 Å². The van der Waals surface area contributed by atoms with Crippen LogP contribution in [0.3, 0.4) is 0 Å². The van der Waals surface area contributed by atoms with E-state index < -0.39 is 0 Å². The molecule has 1 unspecified atom stereocenters. The Morgan fingerprint density at radius 2 is 1.75 bits per heavy atom. The summed E-state index contributed by atoms with van der Waals surface area (Å²) in [5.74, 6) is 6.26. The van der Waals surface area contributed by atoms with Gasteiger partial charge < -0.3 is 10.2 Å². The molecule has 1 aromatic rings. The molecule has 0 aliphatic heterocycles. The summed E-state index contributed by atoms with van der Waals surface area (Å²) >= 11 is 0. The predicted molar refractivity (Wildman–Crippen MR) is 76.0 cm³/mol. The van der Waals surface area contributed by atoms with Crippen molar-refractivity contribution in [3.8, 4) is 0 Å². The fourth-order valence-corrected chi connectivity index (χ4v) is 5.61. The van der Waals surface area contributed by atoms with Crippen molar-refractivity contribution in [2.24, 2.45) is 35.3 Å². The first kappa shape index (κ1) is 12.8. The first-order valence-electron chi connectivity index (χ1n) is 8.30. The van der Waals surface area contributed by atoms with Gasteiger partial charge >= 0.3 is 0 Å². The maximum atomic E-state index is 6.11. The molecule has 1 aromatic heterocycles. The van der Waals surface area contributed by atoms with Gasteiger partial charge in [-0.05, 0) is 61.7 Å². The fourth-order valence-electron chi connectivity index (χ4n) is 5.61. The lowest BCUT2D eigenvalue weighted by atomic mass is 9.49. The lowest BCUT2D eigenvalue weighted by Gasteiger charge is -2.56. The van der Waals surface area contributed by atoms with Crippen LogP contribution in [0, 0.1) is 29.6 Å². The number of nitrogens with zero attached hydrogens (tertiary/aromatic N) is 2. The molecule has 0 amide bonds. The zero-order chi connectivity index (χ0) is 13.7. The van der Waals surface area contributed by atoms with Gasteiger partial charge in [0.15, 0.2) is 0 Å². The van der Waals surface area contributed by atoms with Crippen LogP contribution in [0.15, 0.2) is 4.42 Å². The van der Waals surface area contributed by atoms with E-state index in [4.69, 9.17) is 10.2 Å².